The Morgan fingerprint density at radius 2 is 2.03 bits per heavy atom. The van der Waals surface area contributed by atoms with E-state index in [-0.39, 0.29) is 11.8 Å². The van der Waals surface area contributed by atoms with Gasteiger partial charge in [-0.15, -0.1) is 11.3 Å². The zero-order chi connectivity index (χ0) is 21.2. The molecule has 0 spiro atoms. The summed E-state index contributed by atoms with van der Waals surface area (Å²) < 4.78 is 0. The van der Waals surface area contributed by atoms with Gasteiger partial charge < -0.3 is 16.0 Å². The first-order valence-corrected chi connectivity index (χ1v) is 11.1. The highest BCUT2D eigenvalue weighted by Gasteiger charge is 2.10. The Morgan fingerprint density at radius 3 is 2.69 bits per heavy atom. The zero-order valence-electron chi connectivity index (χ0n) is 18.1. The van der Waals surface area contributed by atoms with Crippen molar-refractivity contribution in [2.45, 2.75) is 54.0 Å². The van der Waals surface area contributed by atoms with Gasteiger partial charge >= 0.3 is 0 Å². The lowest BCUT2D eigenvalue weighted by molar-refractivity contribution is -0.119. The maximum absolute atomic E-state index is 12.1. The van der Waals surface area contributed by atoms with E-state index in [1.54, 1.807) is 11.3 Å². The minimum Gasteiger partial charge on any atom is -0.357 e. The molecular weight excluding hydrogens is 382 g/mol. The molecule has 0 aliphatic carbocycles. The monoisotopic (exact) mass is 415 g/mol. The van der Waals surface area contributed by atoms with Crippen molar-refractivity contribution in [1.29, 1.82) is 0 Å². The van der Waals surface area contributed by atoms with Crippen molar-refractivity contribution < 1.29 is 4.79 Å². The summed E-state index contributed by atoms with van der Waals surface area (Å²) in [7, 11) is 0. The number of nitrogens with one attached hydrogen (secondary N) is 3. The lowest BCUT2D eigenvalue weighted by atomic mass is 10.1. The van der Waals surface area contributed by atoms with Crippen LogP contribution in [0, 0.1) is 19.8 Å². The van der Waals surface area contributed by atoms with Crippen molar-refractivity contribution in [3.8, 4) is 0 Å². The van der Waals surface area contributed by atoms with Crippen LogP contribution in [0.25, 0.3) is 0 Å². The van der Waals surface area contributed by atoms with Crippen molar-refractivity contribution in [3.05, 3.63) is 45.4 Å². The number of aromatic nitrogens is 1. The van der Waals surface area contributed by atoms with E-state index in [2.05, 4.69) is 39.8 Å². The van der Waals surface area contributed by atoms with Crippen LogP contribution in [0.4, 0.5) is 5.69 Å². The fraction of sp³-hybridized carbons (Fsp3) is 0.500. The number of aliphatic imine (C=N–C) groups is 1. The Labute approximate surface area is 178 Å². The van der Waals surface area contributed by atoms with E-state index < -0.39 is 0 Å². The first-order chi connectivity index (χ1) is 13.9. The average molecular weight is 416 g/mol. The number of aryl methyl sites for hydroxylation is 2. The van der Waals surface area contributed by atoms with E-state index in [1.165, 1.54) is 4.88 Å². The summed E-state index contributed by atoms with van der Waals surface area (Å²) in [5.74, 6) is 0.842. The van der Waals surface area contributed by atoms with Crippen molar-refractivity contribution >= 4 is 28.9 Å². The zero-order valence-corrected chi connectivity index (χ0v) is 18.9. The summed E-state index contributed by atoms with van der Waals surface area (Å²) in [4.78, 5) is 22.6. The van der Waals surface area contributed by atoms with Crippen LogP contribution in [0.2, 0.25) is 0 Å². The highest BCUT2D eigenvalue weighted by molar-refractivity contribution is 7.11. The largest absolute Gasteiger partial charge is 0.357 e. The van der Waals surface area contributed by atoms with Gasteiger partial charge in [0.25, 0.3) is 0 Å². The number of hydrogen-bond acceptors (Lipinski definition) is 4. The maximum atomic E-state index is 12.1. The molecule has 0 fully saturated rings. The molecular formula is C22H33N5OS. The van der Waals surface area contributed by atoms with Crippen molar-refractivity contribution in [2.75, 3.05) is 18.4 Å². The van der Waals surface area contributed by atoms with Crippen molar-refractivity contribution in [1.82, 2.24) is 15.6 Å². The van der Waals surface area contributed by atoms with Crippen LogP contribution in [0.3, 0.4) is 0 Å². The molecule has 2 aromatic rings. The summed E-state index contributed by atoms with van der Waals surface area (Å²) in [6.45, 7) is 12.3. The van der Waals surface area contributed by atoms with E-state index in [0.717, 1.165) is 53.8 Å². The molecule has 0 aliphatic rings. The molecule has 7 heteroatoms. The number of benzene rings is 1. The molecule has 29 heavy (non-hydrogen) atoms. The molecule has 1 heterocycles. The number of nitrogens with zero attached hydrogens (tertiary/aromatic N) is 2. The fourth-order valence-electron chi connectivity index (χ4n) is 2.64. The van der Waals surface area contributed by atoms with Gasteiger partial charge in [0.15, 0.2) is 5.96 Å². The predicted molar refractivity (Wildman–Crippen MR) is 123 cm³/mol. The second-order valence-corrected chi connectivity index (χ2v) is 8.41. The Kier molecular flexibility index (Phi) is 9.12. The van der Waals surface area contributed by atoms with Crippen LogP contribution in [0.1, 0.15) is 48.3 Å². The highest BCUT2D eigenvalue weighted by Crippen LogP contribution is 2.16. The number of rotatable bonds is 9. The van der Waals surface area contributed by atoms with Gasteiger partial charge in [0.2, 0.25) is 5.91 Å². The average Bonchev–Trinajstić information content (AvgIpc) is 3.03. The number of amides is 1. The molecule has 1 atom stereocenters. The molecule has 1 aromatic heterocycles. The molecule has 1 amide bonds. The van der Waals surface area contributed by atoms with Gasteiger partial charge in [-0.3, -0.25) is 4.79 Å². The molecule has 0 saturated carbocycles. The summed E-state index contributed by atoms with van der Waals surface area (Å²) in [5, 5.41) is 10.8. The number of carbonyl (C=O) groups excluding carboxylic acids is 1. The summed E-state index contributed by atoms with van der Waals surface area (Å²) in [6, 6.07) is 7.86. The normalized spacial score (nSPS) is 12.5. The third-order valence-electron chi connectivity index (χ3n) is 4.72. The van der Waals surface area contributed by atoms with Crippen LogP contribution in [-0.2, 0) is 17.8 Å². The molecule has 0 aliphatic heterocycles. The van der Waals surface area contributed by atoms with Crippen molar-refractivity contribution in [3.63, 3.8) is 0 Å². The summed E-state index contributed by atoms with van der Waals surface area (Å²) >= 11 is 1.75. The SMILES string of the molecule is CCNC(=NCc1cccc(NC(=O)C(C)CC)c1)NCCc1nc(C)c(C)s1. The Morgan fingerprint density at radius 1 is 1.24 bits per heavy atom. The van der Waals surface area contributed by atoms with Gasteiger partial charge in [0.1, 0.15) is 0 Å². The quantitative estimate of drug-likeness (QED) is 0.427. The number of hydrogen-bond donors (Lipinski definition) is 3. The topological polar surface area (TPSA) is 78.4 Å². The third-order valence-corrected chi connectivity index (χ3v) is 5.86. The van der Waals surface area contributed by atoms with E-state index in [9.17, 15) is 4.79 Å². The lowest BCUT2D eigenvalue weighted by Gasteiger charge is -2.12. The number of anilines is 1. The minimum absolute atomic E-state index is 0.00615. The second-order valence-electron chi connectivity index (χ2n) is 7.12. The van der Waals surface area contributed by atoms with E-state index in [4.69, 9.17) is 0 Å². The molecule has 2 rings (SSSR count). The number of guanidine groups is 1. The van der Waals surface area contributed by atoms with E-state index in [1.807, 2.05) is 45.0 Å². The number of carbonyl (C=O) groups is 1. The van der Waals surface area contributed by atoms with Gasteiger partial charge in [0, 0.05) is 36.0 Å². The minimum atomic E-state index is 0.00615. The standard InChI is InChI=1S/C22H33N5OS/c1-6-15(3)21(28)27-19-10-8-9-18(13-19)14-25-22(23-7-2)24-12-11-20-26-16(4)17(5)29-20/h8-10,13,15H,6-7,11-12,14H2,1-5H3,(H,27,28)(H2,23,24,25). The van der Waals surface area contributed by atoms with Crippen LogP contribution in [0.15, 0.2) is 29.3 Å². The van der Waals surface area contributed by atoms with Gasteiger partial charge in [-0.05, 0) is 44.9 Å². The van der Waals surface area contributed by atoms with Gasteiger partial charge in [0.05, 0.1) is 17.2 Å². The van der Waals surface area contributed by atoms with E-state index in [0.29, 0.717) is 6.54 Å². The molecule has 158 valence electrons. The molecule has 1 unspecified atom stereocenters. The first kappa shape index (κ1) is 22.9. The van der Waals surface area contributed by atoms with Crippen LogP contribution in [0.5, 0.6) is 0 Å². The van der Waals surface area contributed by atoms with Crippen LogP contribution < -0.4 is 16.0 Å². The predicted octanol–water partition coefficient (Wildman–Crippen LogP) is 4.04. The van der Waals surface area contributed by atoms with Crippen molar-refractivity contribution in [2.24, 2.45) is 10.9 Å². The van der Waals surface area contributed by atoms with Crippen LogP contribution in [-0.4, -0.2) is 29.9 Å². The Bertz CT molecular complexity index is 811. The Balaban J connectivity index is 1.93. The molecule has 0 radical (unpaired) electrons. The first-order valence-electron chi connectivity index (χ1n) is 10.3. The number of thiazole rings is 1. The molecule has 6 nitrogen and oxygen atoms in total. The second kappa shape index (κ2) is 11.6. The maximum Gasteiger partial charge on any atom is 0.227 e. The molecule has 3 N–H and O–H groups in total. The highest BCUT2D eigenvalue weighted by atomic mass is 32.1. The van der Waals surface area contributed by atoms with Gasteiger partial charge in [-0.1, -0.05) is 26.0 Å². The van der Waals surface area contributed by atoms with Gasteiger partial charge in [-0.25, -0.2) is 9.98 Å². The van der Waals surface area contributed by atoms with E-state index >= 15 is 0 Å². The molecule has 0 saturated heterocycles. The third kappa shape index (κ3) is 7.49. The van der Waals surface area contributed by atoms with Crippen LogP contribution >= 0.6 is 11.3 Å². The Hall–Kier alpha value is -2.41. The molecule has 0 bridgehead atoms. The smallest absolute Gasteiger partial charge is 0.227 e. The fourth-order valence-corrected chi connectivity index (χ4v) is 3.58. The molecule has 1 aromatic carbocycles. The van der Waals surface area contributed by atoms with Gasteiger partial charge in [-0.2, -0.15) is 0 Å². The summed E-state index contributed by atoms with van der Waals surface area (Å²) in [5.41, 5.74) is 2.98. The summed E-state index contributed by atoms with van der Waals surface area (Å²) in [6.07, 6.45) is 1.70. The lowest BCUT2D eigenvalue weighted by Crippen LogP contribution is -2.38.